The van der Waals surface area contributed by atoms with Crippen LogP contribution in [0.25, 0.3) is 5.73 Å². The molecule has 0 aliphatic carbocycles. The van der Waals surface area contributed by atoms with Gasteiger partial charge in [0.15, 0.2) is 0 Å². The van der Waals surface area contributed by atoms with Gasteiger partial charge in [0.2, 0.25) is 23.6 Å². The Labute approximate surface area is 441 Å². The number of rotatable bonds is 18. The average molecular weight is 1100 g/mol. The Morgan fingerprint density at radius 1 is 0.627 bits per heavy atom. The standard InChI is InChI=1S/C12H24N2O5.C12H25N2O4.2C12H23NO5.2H2O/c1-7(9(17)6-15)12(4,19)11(3,5-10(13)18)14-8(2)16;1-8(10(17)7-15)12(4,18)11(3,5-6-13)14-9(2)16;2*1-7-10(3,13-8(2)15)12(5,17)11(4,16)9(6-14)18-7;;/h7,9,15,17,19H,5-6H2,1-4H3,(H2,13,18)(H,14,16);8,10,13,15,17-18H,5-7H2,1-4H3,(H,14,16);2*7,9,14,16-17H,6H2,1-5H3,(H,13,15);2*1H2/q;-1;;;;/p-1. The molecule has 18 unspecified atom stereocenters. The van der Waals surface area contributed by atoms with E-state index in [-0.39, 0.29) is 41.6 Å². The topological polar surface area (TPSA) is 511 Å². The van der Waals surface area contributed by atoms with Crippen molar-refractivity contribution in [2.75, 3.05) is 33.0 Å². The first-order chi connectivity index (χ1) is 32.6. The summed E-state index contributed by atoms with van der Waals surface area (Å²) in [5.74, 6) is -3.83. The predicted octanol–water partition coefficient (Wildman–Crippen LogP) is -4.91. The van der Waals surface area contributed by atoms with Crippen molar-refractivity contribution in [3.05, 3.63) is 5.73 Å². The lowest BCUT2D eigenvalue weighted by molar-refractivity contribution is -0.300. The van der Waals surface area contributed by atoms with Gasteiger partial charge in [-0.3, -0.25) is 19.2 Å². The van der Waals surface area contributed by atoms with Crippen LogP contribution in [0.15, 0.2) is 0 Å². The number of carbonyl (C=O) groups is 4. The minimum absolute atomic E-state index is 0. The van der Waals surface area contributed by atoms with Crippen molar-refractivity contribution in [1.82, 2.24) is 21.3 Å². The fraction of sp³-hybridized carbons (Fsp3) is 0.896. The molecule has 27 heteroatoms. The summed E-state index contributed by atoms with van der Waals surface area (Å²) in [6.45, 7) is 24.7. The van der Waals surface area contributed by atoms with E-state index < -0.39 is 149 Å². The third-order valence-corrected chi connectivity index (χ3v) is 16.4. The summed E-state index contributed by atoms with van der Waals surface area (Å²) in [7, 11) is 0. The molecule has 2 saturated heterocycles. The summed E-state index contributed by atoms with van der Waals surface area (Å²) in [6, 6.07) is 0. The van der Waals surface area contributed by atoms with Gasteiger partial charge in [0, 0.05) is 46.0 Å². The van der Waals surface area contributed by atoms with E-state index in [1.807, 2.05) is 0 Å². The van der Waals surface area contributed by atoms with Crippen LogP contribution >= 0.6 is 0 Å². The second kappa shape index (κ2) is 29.0. The minimum atomic E-state index is -1.69. The lowest BCUT2D eigenvalue weighted by Crippen LogP contribution is -2.81. The van der Waals surface area contributed by atoms with Crippen molar-refractivity contribution in [3.63, 3.8) is 0 Å². The van der Waals surface area contributed by atoms with Crippen LogP contribution in [-0.4, -0.2) is 227 Å². The number of hydrogen-bond donors (Lipinski definition) is 17. The van der Waals surface area contributed by atoms with Crippen LogP contribution in [0, 0.1) is 17.2 Å². The molecule has 0 aromatic rings. The first-order valence-corrected chi connectivity index (χ1v) is 24.1. The third-order valence-electron chi connectivity index (χ3n) is 16.4. The molecule has 0 radical (unpaired) electrons. The number of carbonyl (C=O) groups excluding carboxylic acids is 4. The van der Waals surface area contributed by atoms with Gasteiger partial charge in [-0.15, -0.1) is 6.54 Å². The van der Waals surface area contributed by atoms with E-state index in [9.17, 15) is 75.3 Å². The molecule has 22 N–H and O–H groups in total. The second-order valence-electron chi connectivity index (χ2n) is 21.6. The summed E-state index contributed by atoms with van der Waals surface area (Å²) >= 11 is 0. The van der Waals surface area contributed by atoms with Gasteiger partial charge in [-0.2, -0.15) is 0 Å². The average Bonchev–Trinajstić information content (AvgIpc) is 3.23. The molecule has 0 aromatic carbocycles. The molecule has 2 heterocycles. The number of nitrogens with one attached hydrogen (secondary N) is 6. The number of ether oxygens (including phenoxy) is 2. The fourth-order valence-electron chi connectivity index (χ4n) is 9.33. The summed E-state index contributed by atoms with van der Waals surface area (Å²) in [6.07, 6.45) is -5.39. The Morgan fingerprint density at radius 3 is 1.13 bits per heavy atom. The molecule has 2 fully saturated rings. The largest absolute Gasteiger partial charge is 0.862 e. The van der Waals surface area contributed by atoms with Crippen LogP contribution in [0.5, 0.6) is 0 Å². The molecule has 0 bridgehead atoms. The van der Waals surface area contributed by atoms with Gasteiger partial charge in [-0.25, -0.2) is 0 Å². The Bertz CT molecular complexity index is 1740. The quantitative estimate of drug-likeness (QED) is 0.0452. The summed E-state index contributed by atoms with van der Waals surface area (Å²) in [5, 5.41) is 148. The van der Waals surface area contributed by atoms with Crippen molar-refractivity contribution in [3.8, 4) is 0 Å². The highest BCUT2D eigenvalue weighted by Gasteiger charge is 2.66. The zero-order chi connectivity index (χ0) is 58.7. The number of aliphatic hydroxyl groups excluding tert-OH is 6. The van der Waals surface area contributed by atoms with E-state index in [0.717, 1.165) is 0 Å². The highest BCUT2D eigenvalue weighted by atomic mass is 16.5. The van der Waals surface area contributed by atoms with Gasteiger partial charge in [-0.05, 0) is 95.4 Å². The summed E-state index contributed by atoms with van der Waals surface area (Å²) in [4.78, 5) is 45.1. The predicted molar refractivity (Wildman–Crippen MR) is 273 cm³/mol. The normalized spacial score (nSPS) is 33.9. The fourth-order valence-corrected chi connectivity index (χ4v) is 9.33. The Kier molecular flexibility index (Phi) is 30.3. The molecular formula is C48H98N6O21-2. The molecule has 2 aliphatic heterocycles. The Morgan fingerprint density at radius 2 is 0.907 bits per heavy atom. The maximum absolute atomic E-state index is 11.3. The molecular weight excluding hydrogens is 997 g/mol. The van der Waals surface area contributed by atoms with Crippen LogP contribution < -0.4 is 26.4 Å². The van der Waals surface area contributed by atoms with E-state index in [1.54, 1.807) is 41.5 Å². The first-order valence-electron chi connectivity index (χ1n) is 24.1. The molecule has 4 amide bonds. The zero-order valence-corrected chi connectivity index (χ0v) is 47.3. The Hall–Kier alpha value is -3.33. The molecule has 75 heavy (non-hydrogen) atoms. The SMILES string of the molecule is CC(=O)NC(C)(CC(=N)[O-])C(C)(O)C(C)C(O)CO.CC(=O)NC(C)(CC[NH-])C(C)(O)C(C)C(O)CO.CC(=O)NC1(C)C(C)OC(CO)C(C)(O)C1(C)O.CC(=O)NC1(C)C(C)OC(CO)C(C)(O)C1(C)O.O.O. The zero-order valence-electron chi connectivity index (χ0n) is 47.3. The van der Waals surface area contributed by atoms with Crippen molar-refractivity contribution in [1.29, 1.82) is 5.41 Å². The van der Waals surface area contributed by atoms with Crippen molar-refractivity contribution < 1.29 is 106 Å². The summed E-state index contributed by atoms with van der Waals surface area (Å²) < 4.78 is 11.1. The molecule has 2 rings (SSSR count). The molecule has 2 aliphatic rings. The van der Waals surface area contributed by atoms with E-state index >= 15 is 0 Å². The van der Waals surface area contributed by atoms with E-state index in [4.69, 9.17) is 30.8 Å². The molecule has 27 nitrogen and oxygen atoms in total. The Balaban J connectivity index is -0.000000444. The van der Waals surface area contributed by atoms with Crippen molar-refractivity contribution in [2.45, 2.75) is 230 Å². The first kappa shape index (κ1) is 78.2. The van der Waals surface area contributed by atoms with Crippen molar-refractivity contribution in [2.24, 2.45) is 11.8 Å². The lowest BCUT2D eigenvalue weighted by atomic mass is 9.64. The highest BCUT2D eigenvalue weighted by molar-refractivity contribution is 5.77. The van der Waals surface area contributed by atoms with Gasteiger partial charge in [0.05, 0.1) is 84.2 Å². The van der Waals surface area contributed by atoms with E-state index in [1.165, 1.54) is 83.1 Å². The smallest absolute Gasteiger partial charge is 0.217 e. The molecule has 448 valence electrons. The van der Waals surface area contributed by atoms with Crippen LogP contribution in [0.4, 0.5) is 0 Å². The number of amides is 4. The molecule has 0 saturated carbocycles. The van der Waals surface area contributed by atoms with E-state index in [0.29, 0.717) is 0 Å². The van der Waals surface area contributed by atoms with Gasteiger partial charge in [-0.1, -0.05) is 13.8 Å². The minimum Gasteiger partial charge on any atom is -0.862 e. The maximum Gasteiger partial charge on any atom is 0.217 e. The van der Waals surface area contributed by atoms with Crippen LogP contribution in [0.2, 0.25) is 0 Å². The second-order valence-corrected chi connectivity index (χ2v) is 21.6. The molecule has 0 aromatic heterocycles. The third kappa shape index (κ3) is 17.1. The van der Waals surface area contributed by atoms with Crippen molar-refractivity contribution >= 4 is 29.5 Å². The lowest BCUT2D eigenvalue weighted by Gasteiger charge is -2.59. The van der Waals surface area contributed by atoms with Gasteiger partial charge in [0.1, 0.15) is 34.6 Å². The van der Waals surface area contributed by atoms with Gasteiger partial charge < -0.3 is 119 Å². The molecule has 0 spiro atoms. The molecule has 18 atom stereocenters. The van der Waals surface area contributed by atoms with Gasteiger partial charge in [0.25, 0.3) is 0 Å². The summed E-state index contributed by atoms with van der Waals surface area (Å²) in [5.41, 5.74) is -7.27. The van der Waals surface area contributed by atoms with Crippen LogP contribution in [-0.2, 0) is 28.7 Å². The van der Waals surface area contributed by atoms with Gasteiger partial charge >= 0.3 is 0 Å². The highest BCUT2D eigenvalue weighted by Crippen LogP contribution is 2.45. The van der Waals surface area contributed by atoms with E-state index in [2.05, 4.69) is 21.3 Å². The monoisotopic (exact) mass is 1090 g/mol. The van der Waals surface area contributed by atoms with Crippen LogP contribution in [0.1, 0.15) is 137 Å². The van der Waals surface area contributed by atoms with Crippen LogP contribution in [0.3, 0.4) is 0 Å². The maximum atomic E-state index is 11.3. The number of hydrogen-bond acceptors (Lipinski definition) is 20. The number of aliphatic hydroxyl groups is 12.